The monoisotopic (exact) mass is 229 g/mol. The van der Waals surface area contributed by atoms with Gasteiger partial charge in [0.05, 0.1) is 6.26 Å². The molecule has 0 saturated heterocycles. The summed E-state index contributed by atoms with van der Waals surface area (Å²) < 4.78 is 5.23. The predicted octanol–water partition coefficient (Wildman–Crippen LogP) is 1.65. The number of rotatable bonds is 2. The van der Waals surface area contributed by atoms with E-state index in [2.05, 4.69) is 15.6 Å². The van der Waals surface area contributed by atoms with Crippen LogP contribution in [-0.4, -0.2) is 16.9 Å². The quantitative estimate of drug-likeness (QED) is 0.821. The maximum Gasteiger partial charge on any atom is 0.247 e. The Morgan fingerprint density at radius 3 is 3.18 bits per heavy atom. The molecule has 0 saturated carbocycles. The third-order valence-electron chi connectivity index (χ3n) is 2.71. The lowest BCUT2D eigenvalue weighted by atomic mass is 10.1. The van der Waals surface area contributed by atoms with E-state index in [0.29, 0.717) is 18.0 Å². The zero-order valence-corrected chi connectivity index (χ0v) is 9.01. The smallest absolute Gasteiger partial charge is 0.247 e. The maximum atomic E-state index is 11.8. The molecule has 1 atom stereocenters. The minimum absolute atomic E-state index is 0.0530. The van der Waals surface area contributed by atoms with Gasteiger partial charge >= 0.3 is 0 Å². The summed E-state index contributed by atoms with van der Waals surface area (Å²) in [7, 11) is 0. The number of fused-ring (bicyclic) bond motifs is 1. The van der Waals surface area contributed by atoms with Gasteiger partial charge in [-0.05, 0) is 11.6 Å². The first-order valence-electron chi connectivity index (χ1n) is 5.37. The molecule has 5 heteroatoms. The van der Waals surface area contributed by atoms with Crippen LogP contribution in [0.4, 0.5) is 11.6 Å². The van der Waals surface area contributed by atoms with Crippen molar-refractivity contribution in [2.45, 2.75) is 12.5 Å². The van der Waals surface area contributed by atoms with E-state index in [1.807, 2.05) is 12.1 Å². The highest BCUT2D eigenvalue weighted by Gasteiger charge is 2.27. The Labute approximate surface area is 97.9 Å². The molecule has 1 aliphatic heterocycles. The largest absolute Gasteiger partial charge is 0.447 e. The maximum absolute atomic E-state index is 11.8. The first-order chi connectivity index (χ1) is 8.33. The fourth-order valence-electron chi connectivity index (χ4n) is 1.86. The topological polar surface area (TPSA) is 67.2 Å². The van der Waals surface area contributed by atoms with Gasteiger partial charge in [0.15, 0.2) is 0 Å². The summed E-state index contributed by atoms with van der Waals surface area (Å²) in [5, 5.41) is 5.86. The molecule has 2 aromatic rings. The van der Waals surface area contributed by atoms with Crippen LogP contribution in [0.25, 0.3) is 0 Å². The summed E-state index contributed by atoms with van der Waals surface area (Å²) in [6, 6.07) is 5.20. The van der Waals surface area contributed by atoms with Gasteiger partial charge in [-0.15, -0.1) is 0 Å². The molecule has 0 aliphatic carbocycles. The molecular formula is C12H11N3O2. The van der Waals surface area contributed by atoms with E-state index in [4.69, 9.17) is 4.42 Å². The van der Waals surface area contributed by atoms with Crippen molar-refractivity contribution in [3.05, 3.63) is 42.4 Å². The van der Waals surface area contributed by atoms with E-state index in [0.717, 1.165) is 5.56 Å². The van der Waals surface area contributed by atoms with Gasteiger partial charge < -0.3 is 15.1 Å². The number of nitrogens with zero attached hydrogens (tertiary/aromatic N) is 1. The number of nitrogens with one attached hydrogen (secondary N) is 2. The van der Waals surface area contributed by atoms with E-state index in [1.165, 1.54) is 0 Å². The van der Waals surface area contributed by atoms with E-state index < -0.39 is 0 Å². The Bertz CT molecular complexity index is 536. The fourth-order valence-corrected chi connectivity index (χ4v) is 1.86. The van der Waals surface area contributed by atoms with Crippen LogP contribution in [0.1, 0.15) is 5.56 Å². The van der Waals surface area contributed by atoms with Gasteiger partial charge in [-0.2, -0.15) is 0 Å². The fraction of sp³-hybridized carbons (Fsp3) is 0.167. The second kappa shape index (κ2) is 3.93. The second-order valence-electron chi connectivity index (χ2n) is 3.91. The van der Waals surface area contributed by atoms with Crippen LogP contribution < -0.4 is 10.6 Å². The number of amides is 1. The Kier molecular flexibility index (Phi) is 2.29. The Balaban J connectivity index is 1.79. The van der Waals surface area contributed by atoms with E-state index >= 15 is 0 Å². The highest BCUT2D eigenvalue weighted by molar-refractivity contribution is 6.01. The van der Waals surface area contributed by atoms with Crippen molar-refractivity contribution in [1.82, 2.24) is 4.98 Å². The number of aromatic nitrogens is 1. The summed E-state index contributed by atoms with van der Waals surface area (Å²) in [5.41, 5.74) is 1.70. The van der Waals surface area contributed by atoms with Crippen molar-refractivity contribution < 1.29 is 9.21 Å². The molecule has 2 N–H and O–H groups in total. The van der Waals surface area contributed by atoms with Crippen LogP contribution in [0.15, 0.2) is 41.3 Å². The molecule has 2 aromatic heterocycles. The van der Waals surface area contributed by atoms with Gasteiger partial charge in [-0.1, -0.05) is 6.07 Å². The lowest BCUT2D eigenvalue weighted by molar-refractivity contribution is -0.117. The summed E-state index contributed by atoms with van der Waals surface area (Å²) in [5.74, 6) is 0.557. The average Bonchev–Trinajstić information content (AvgIpc) is 2.78. The molecule has 1 amide bonds. The molecule has 1 unspecified atom stereocenters. The molecule has 86 valence electrons. The van der Waals surface area contributed by atoms with Gasteiger partial charge in [-0.25, -0.2) is 0 Å². The predicted molar refractivity (Wildman–Crippen MR) is 62.7 cm³/mol. The summed E-state index contributed by atoms with van der Waals surface area (Å²) in [6.45, 7) is 0. The molecule has 3 rings (SSSR count). The number of carbonyl (C=O) groups is 1. The normalized spacial score (nSPS) is 18.1. The van der Waals surface area contributed by atoms with E-state index in [9.17, 15) is 4.79 Å². The van der Waals surface area contributed by atoms with E-state index in [1.54, 1.807) is 24.7 Å². The minimum atomic E-state index is -0.321. The second-order valence-corrected chi connectivity index (χ2v) is 3.91. The number of furan rings is 1. The molecule has 3 heterocycles. The van der Waals surface area contributed by atoms with E-state index in [-0.39, 0.29) is 11.9 Å². The Morgan fingerprint density at radius 1 is 1.41 bits per heavy atom. The van der Waals surface area contributed by atoms with Crippen molar-refractivity contribution in [3.8, 4) is 0 Å². The van der Waals surface area contributed by atoms with Crippen molar-refractivity contribution in [3.63, 3.8) is 0 Å². The first kappa shape index (κ1) is 9.89. The number of anilines is 2. The van der Waals surface area contributed by atoms with Crippen LogP contribution in [0.3, 0.4) is 0 Å². The van der Waals surface area contributed by atoms with Crippen molar-refractivity contribution in [2.75, 3.05) is 10.6 Å². The van der Waals surface area contributed by atoms with Crippen molar-refractivity contribution in [2.24, 2.45) is 0 Å². The molecule has 1 aliphatic rings. The molecular weight excluding hydrogens is 218 g/mol. The third kappa shape index (κ3) is 1.87. The van der Waals surface area contributed by atoms with Crippen molar-refractivity contribution >= 4 is 17.5 Å². The number of pyridine rings is 1. The molecule has 0 spiro atoms. The third-order valence-corrected chi connectivity index (χ3v) is 2.71. The Morgan fingerprint density at radius 2 is 2.35 bits per heavy atom. The molecule has 5 nitrogen and oxygen atoms in total. The summed E-state index contributed by atoms with van der Waals surface area (Å²) in [6.07, 6.45) is 5.60. The lowest BCUT2D eigenvalue weighted by Crippen LogP contribution is -2.39. The SMILES string of the molecule is O=C1Nc2ccoc2NC1Cc1cccnc1. The van der Waals surface area contributed by atoms with Gasteiger partial charge in [0.25, 0.3) is 0 Å². The minimum Gasteiger partial charge on any atom is -0.447 e. The van der Waals surface area contributed by atoms with Crippen molar-refractivity contribution in [1.29, 1.82) is 0 Å². The molecule has 0 radical (unpaired) electrons. The van der Waals surface area contributed by atoms with Gasteiger partial charge in [-0.3, -0.25) is 9.78 Å². The van der Waals surface area contributed by atoms with Crippen LogP contribution >= 0.6 is 0 Å². The lowest BCUT2D eigenvalue weighted by Gasteiger charge is -2.23. The number of hydrogen-bond donors (Lipinski definition) is 2. The standard InChI is InChI=1S/C12H11N3O2/c16-11-10(6-8-2-1-4-13-7-8)15-12-9(14-11)3-5-17-12/h1-5,7,10,15H,6H2,(H,14,16). The van der Waals surface area contributed by atoms with Crippen LogP contribution in [0.5, 0.6) is 0 Å². The molecule has 17 heavy (non-hydrogen) atoms. The summed E-state index contributed by atoms with van der Waals surface area (Å²) >= 11 is 0. The molecule has 0 fully saturated rings. The van der Waals surface area contributed by atoms with Gasteiger partial charge in [0.2, 0.25) is 11.8 Å². The highest BCUT2D eigenvalue weighted by atomic mass is 16.3. The first-order valence-corrected chi connectivity index (χ1v) is 5.37. The summed E-state index contributed by atoms with van der Waals surface area (Å²) in [4.78, 5) is 15.9. The zero-order valence-electron chi connectivity index (χ0n) is 9.01. The number of hydrogen-bond acceptors (Lipinski definition) is 4. The van der Waals surface area contributed by atoms with Crippen LogP contribution in [0, 0.1) is 0 Å². The highest BCUT2D eigenvalue weighted by Crippen LogP contribution is 2.28. The van der Waals surface area contributed by atoms with Crippen LogP contribution in [0.2, 0.25) is 0 Å². The zero-order chi connectivity index (χ0) is 11.7. The Hall–Kier alpha value is -2.30. The van der Waals surface area contributed by atoms with Gasteiger partial charge in [0.1, 0.15) is 11.7 Å². The molecule has 0 aromatic carbocycles. The van der Waals surface area contributed by atoms with Crippen LogP contribution in [-0.2, 0) is 11.2 Å². The molecule has 0 bridgehead atoms. The average molecular weight is 229 g/mol. The number of carbonyl (C=O) groups excluding carboxylic acids is 1. The van der Waals surface area contributed by atoms with Gasteiger partial charge in [0, 0.05) is 24.9 Å².